The number of H-pyrrole nitrogens is 1. The molecule has 0 unspecified atom stereocenters. The van der Waals surface area contributed by atoms with Crippen LogP contribution in [0.4, 0.5) is 0 Å². The van der Waals surface area contributed by atoms with Gasteiger partial charge in [-0.2, -0.15) is 0 Å². The van der Waals surface area contributed by atoms with E-state index < -0.39 is 5.60 Å². The molecule has 1 heterocycles. The van der Waals surface area contributed by atoms with E-state index >= 15 is 0 Å². The van der Waals surface area contributed by atoms with E-state index in [1.165, 1.54) is 6.42 Å². The van der Waals surface area contributed by atoms with Crippen molar-refractivity contribution >= 4 is 10.9 Å². The number of aromatic nitrogens is 1. The van der Waals surface area contributed by atoms with Crippen molar-refractivity contribution in [3.63, 3.8) is 0 Å². The third-order valence-electron chi connectivity index (χ3n) is 4.14. The fourth-order valence-electron chi connectivity index (χ4n) is 3.16. The molecular weight excluding hydrogens is 238 g/mol. The zero-order valence-corrected chi connectivity index (χ0v) is 11.0. The molecule has 0 amide bonds. The molecule has 1 aliphatic carbocycles. The molecule has 0 bridgehead atoms. The van der Waals surface area contributed by atoms with Crippen LogP contribution in [0.1, 0.15) is 37.7 Å². The number of nitrogens with one attached hydrogen (secondary N) is 1. The fraction of sp³-hybridized carbons (Fsp3) is 0.438. The van der Waals surface area contributed by atoms with Gasteiger partial charge in [-0.15, -0.1) is 0 Å². The summed E-state index contributed by atoms with van der Waals surface area (Å²) >= 11 is 0. The van der Waals surface area contributed by atoms with Gasteiger partial charge in [0.2, 0.25) is 5.56 Å². The van der Waals surface area contributed by atoms with Gasteiger partial charge < -0.3 is 10.1 Å². The third-order valence-corrected chi connectivity index (χ3v) is 4.14. The first kappa shape index (κ1) is 12.4. The molecule has 1 fully saturated rings. The van der Waals surface area contributed by atoms with Crippen molar-refractivity contribution in [3.05, 3.63) is 46.2 Å². The summed E-state index contributed by atoms with van der Waals surface area (Å²) in [5, 5.41) is 11.7. The molecule has 0 saturated heterocycles. The van der Waals surface area contributed by atoms with Crippen LogP contribution in [0.25, 0.3) is 10.9 Å². The number of benzene rings is 1. The van der Waals surface area contributed by atoms with Gasteiger partial charge >= 0.3 is 0 Å². The maximum absolute atomic E-state index is 11.7. The van der Waals surface area contributed by atoms with Gasteiger partial charge in [-0.3, -0.25) is 4.79 Å². The Balaban J connectivity index is 2.02. The molecule has 1 saturated carbocycles. The lowest BCUT2D eigenvalue weighted by Crippen LogP contribution is -2.34. The van der Waals surface area contributed by atoms with Gasteiger partial charge in [0.1, 0.15) is 0 Å². The van der Waals surface area contributed by atoms with Gasteiger partial charge in [-0.05, 0) is 24.5 Å². The van der Waals surface area contributed by atoms with E-state index in [4.69, 9.17) is 0 Å². The number of rotatable bonds is 2. The van der Waals surface area contributed by atoms with Crippen molar-refractivity contribution in [1.82, 2.24) is 4.98 Å². The van der Waals surface area contributed by atoms with Gasteiger partial charge in [0, 0.05) is 23.4 Å². The molecule has 0 spiro atoms. The smallest absolute Gasteiger partial charge is 0.248 e. The highest BCUT2D eigenvalue weighted by Gasteiger charge is 2.29. The molecule has 3 heteroatoms. The van der Waals surface area contributed by atoms with Crippen LogP contribution >= 0.6 is 0 Å². The van der Waals surface area contributed by atoms with Crippen LogP contribution < -0.4 is 5.56 Å². The van der Waals surface area contributed by atoms with Crippen molar-refractivity contribution in [3.8, 4) is 0 Å². The van der Waals surface area contributed by atoms with Crippen LogP contribution in [0.5, 0.6) is 0 Å². The summed E-state index contributed by atoms with van der Waals surface area (Å²) in [5.41, 5.74) is 1.09. The number of para-hydroxylation sites is 1. The molecule has 3 rings (SSSR count). The minimum Gasteiger partial charge on any atom is -0.390 e. The Labute approximate surface area is 112 Å². The predicted molar refractivity (Wildman–Crippen MR) is 76.3 cm³/mol. The summed E-state index contributed by atoms with van der Waals surface area (Å²) in [6.45, 7) is 0. The zero-order valence-electron chi connectivity index (χ0n) is 11.0. The van der Waals surface area contributed by atoms with Crippen LogP contribution in [0.2, 0.25) is 0 Å². The summed E-state index contributed by atoms with van der Waals surface area (Å²) in [7, 11) is 0. The van der Waals surface area contributed by atoms with E-state index in [1.807, 2.05) is 24.3 Å². The third kappa shape index (κ3) is 2.56. The highest BCUT2D eigenvalue weighted by Crippen LogP contribution is 2.32. The lowest BCUT2D eigenvalue weighted by molar-refractivity contribution is 0.00475. The molecule has 0 aliphatic heterocycles. The Bertz CT molecular complexity index is 638. The van der Waals surface area contributed by atoms with Crippen molar-refractivity contribution in [2.45, 2.75) is 44.1 Å². The molecule has 3 nitrogen and oxygen atoms in total. The number of hydrogen-bond acceptors (Lipinski definition) is 2. The Morgan fingerprint density at radius 3 is 2.68 bits per heavy atom. The Kier molecular flexibility index (Phi) is 3.15. The van der Waals surface area contributed by atoms with Crippen LogP contribution in [-0.2, 0) is 6.42 Å². The monoisotopic (exact) mass is 257 g/mol. The Morgan fingerprint density at radius 1 is 1.16 bits per heavy atom. The minimum atomic E-state index is -0.630. The highest BCUT2D eigenvalue weighted by molar-refractivity contribution is 5.81. The standard InChI is InChI=1S/C16H19NO2/c18-15-10-12(11-16(19)8-4-1-5-9-16)13-6-2-3-7-14(13)17-15/h2-3,6-7,10,19H,1,4-5,8-9,11H2,(H,17,18). The summed E-state index contributed by atoms with van der Waals surface area (Å²) < 4.78 is 0. The number of hydrogen-bond donors (Lipinski definition) is 2. The lowest BCUT2D eigenvalue weighted by atomic mass is 9.80. The molecule has 1 aliphatic rings. The average Bonchev–Trinajstić information content (AvgIpc) is 2.39. The minimum absolute atomic E-state index is 0.0897. The van der Waals surface area contributed by atoms with Crippen molar-refractivity contribution in [2.24, 2.45) is 0 Å². The van der Waals surface area contributed by atoms with Gasteiger partial charge in [-0.25, -0.2) is 0 Å². The summed E-state index contributed by atoms with van der Waals surface area (Å²) in [6, 6.07) is 9.43. The van der Waals surface area contributed by atoms with E-state index in [1.54, 1.807) is 6.07 Å². The summed E-state index contributed by atoms with van der Waals surface area (Å²) in [5.74, 6) is 0. The second-order valence-electron chi connectivity index (χ2n) is 5.67. The van der Waals surface area contributed by atoms with Gasteiger partial charge in [0.25, 0.3) is 0 Å². The quantitative estimate of drug-likeness (QED) is 0.869. The molecule has 2 aromatic rings. The maximum atomic E-state index is 11.7. The Morgan fingerprint density at radius 2 is 1.89 bits per heavy atom. The topological polar surface area (TPSA) is 53.1 Å². The number of fused-ring (bicyclic) bond motifs is 1. The van der Waals surface area contributed by atoms with Crippen LogP contribution in [0.15, 0.2) is 35.1 Å². The van der Waals surface area contributed by atoms with E-state index in [0.717, 1.165) is 42.1 Å². The maximum Gasteiger partial charge on any atom is 0.248 e. The normalized spacial score (nSPS) is 18.6. The van der Waals surface area contributed by atoms with E-state index in [2.05, 4.69) is 4.98 Å². The van der Waals surface area contributed by atoms with Crippen molar-refractivity contribution < 1.29 is 5.11 Å². The molecular formula is C16H19NO2. The SMILES string of the molecule is O=c1cc(CC2(O)CCCCC2)c2ccccc2[nH]1. The van der Waals surface area contributed by atoms with Crippen LogP contribution in [-0.4, -0.2) is 15.7 Å². The molecule has 19 heavy (non-hydrogen) atoms. The van der Waals surface area contributed by atoms with E-state index in [-0.39, 0.29) is 5.56 Å². The fourth-order valence-corrected chi connectivity index (χ4v) is 3.16. The van der Waals surface area contributed by atoms with Crippen molar-refractivity contribution in [2.75, 3.05) is 0 Å². The first-order valence-corrected chi connectivity index (χ1v) is 7.00. The first-order chi connectivity index (χ1) is 9.16. The molecule has 1 aromatic carbocycles. The number of aromatic amines is 1. The second-order valence-corrected chi connectivity index (χ2v) is 5.67. The predicted octanol–water partition coefficient (Wildman–Crippen LogP) is 2.77. The van der Waals surface area contributed by atoms with E-state index in [0.29, 0.717) is 6.42 Å². The lowest BCUT2D eigenvalue weighted by Gasteiger charge is -2.32. The zero-order chi connectivity index (χ0) is 13.3. The largest absolute Gasteiger partial charge is 0.390 e. The van der Waals surface area contributed by atoms with Crippen LogP contribution in [0.3, 0.4) is 0 Å². The number of aliphatic hydroxyl groups is 1. The average molecular weight is 257 g/mol. The van der Waals surface area contributed by atoms with Gasteiger partial charge in [-0.1, -0.05) is 37.5 Å². The molecule has 100 valence electrons. The van der Waals surface area contributed by atoms with Crippen molar-refractivity contribution in [1.29, 1.82) is 0 Å². The van der Waals surface area contributed by atoms with Crippen LogP contribution in [0, 0.1) is 0 Å². The molecule has 1 aromatic heterocycles. The molecule has 0 radical (unpaired) electrons. The van der Waals surface area contributed by atoms with E-state index in [9.17, 15) is 9.90 Å². The molecule has 0 atom stereocenters. The first-order valence-electron chi connectivity index (χ1n) is 7.00. The highest BCUT2D eigenvalue weighted by atomic mass is 16.3. The Hall–Kier alpha value is -1.61. The summed E-state index contributed by atoms with van der Waals surface area (Å²) in [4.78, 5) is 14.6. The summed E-state index contributed by atoms with van der Waals surface area (Å²) in [6.07, 6.45) is 5.63. The van der Waals surface area contributed by atoms with Gasteiger partial charge in [0.15, 0.2) is 0 Å². The molecule has 2 N–H and O–H groups in total. The van der Waals surface area contributed by atoms with Gasteiger partial charge in [0.05, 0.1) is 5.60 Å². The second kappa shape index (κ2) is 4.82. The number of pyridine rings is 1.